The molecular weight excluding hydrogens is 212 g/mol. The van der Waals surface area contributed by atoms with Gasteiger partial charge in [-0.25, -0.2) is 0 Å². The number of phenolic OH excluding ortho intramolecular Hbond substituents is 1. The summed E-state index contributed by atoms with van der Waals surface area (Å²) in [5, 5.41) is 9.56. The quantitative estimate of drug-likeness (QED) is 0.836. The SMILES string of the molecule is NCc1cc(CCN2CCCCC2)ccc1O. The minimum Gasteiger partial charge on any atom is -0.508 e. The van der Waals surface area contributed by atoms with Crippen LogP contribution in [0.3, 0.4) is 0 Å². The second-order valence-electron chi connectivity index (χ2n) is 4.82. The van der Waals surface area contributed by atoms with Crippen molar-refractivity contribution in [3.05, 3.63) is 29.3 Å². The molecule has 0 radical (unpaired) electrons. The Bertz CT molecular complexity index is 359. The van der Waals surface area contributed by atoms with Gasteiger partial charge in [0.15, 0.2) is 0 Å². The van der Waals surface area contributed by atoms with E-state index in [1.165, 1.54) is 37.9 Å². The average Bonchev–Trinajstić information content (AvgIpc) is 2.39. The number of aromatic hydroxyl groups is 1. The third-order valence-corrected chi connectivity index (χ3v) is 3.53. The zero-order valence-electron chi connectivity index (χ0n) is 10.4. The Morgan fingerprint density at radius 2 is 1.94 bits per heavy atom. The molecule has 3 heteroatoms. The fourth-order valence-corrected chi connectivity index (χ4v) is 2.43. The van der Waals surface area contributed by atoms with Gasteiger partial charge in [0.25, 0.3) is 0 Å². The molecule has 2 rings (SSSR count). The first-order chi connectivity index (χ1) is 8.29. The monoisotopic (exact) mass is 234 g/mol. The molecule has 94 valence electrons. The van der Waals surface area contributed by atoms with Gasteiger partial charge in [-0.3, -0.25) is 0 Å². The lowest BCUT2D eigenvalue weighted by atomic mass is 10.1. The Hall–Kier alpha value is -1.06. The molecule has 0 spiro atoms. The Morgan fingerprint density at radius 1 is 1.18 bits per heavy atom. The van der Waals surface area contributed by atoms with Gasteiger partial charge in [-0.15, -0.1) is 0 Å². The molecule has 0 bridgehead atoms. The number of phenols is 1. The van der Waals surface area contributed by atoms with Crippen LogP contribution in [-0.2, 0) is 13.0 Å². The normalized spacial score (nSPS) is 17.2. The molecule has 0 unspecified atom stereocenters. The summed E-state index contributed by atoms with van der Waals surface area (Å²) >= 11 is 0. The molecule has 0 atom stereocenters. The highest BCUT2D eigenvalue weighted by Crippen LogP contribution is 2.18. The van der Waals surface area contributed by atoms with E-state index in [-0.39, 0.29) is 0 Å². The van der Waals surface area contributed by atoms with E-state index >= 15 is 0 Å². The maximum absolute atomic E-state index is 9.56. The number of piperidine rings is 1. The van der Waals surface area contributed by atoms with Crippen LogP contribution in [0.5, 0.6) is 5.75 Å². The van der Waals surface area contributed by atoms with Crippen molar-refractivity contribution in [2.75, 3.05) is 19.6 Å². The van der Waals surface area contributed by atoms with Crippen LogP contribution in [0.2, 0.25) is 0 Å². The molecule has 3 N–H and O–H groups in total. The zero-order valence-corrected chi connectivity index (χ0v) is 10.4. The number of likely N-dealkylation sites (tertiary alicyclic amines) is 1. The lowest BCUT2D eigenvalue weighted by molar-refractivity contribution is 0.231. The third kappa shape index (κ3) is 3.45. The van der Waals surface area contributed by atoms with Crippen LogP contribution in [0.4, 0.5) is 0 Å². The van der Waals surface area contributed by atoms with Gasteiger partial charge in [-0.2, -0.15) is 0 Å². The highest BCUT2D eigenvalue weighted by Gasteiger charge is 2.10. The van der Waals surface area contributed by atoms with Crippen molar-refractivity contribution in [2.45, 2.75) is 32.2 Å². The van der Waals surface area contributed by atoms with E-state index in [1.807, 2.05) is 12.1 Å². The molecule has 1 fully saturated rings. The van der Waals surface area contributed by atoms with Gasteiger partial charge in [0.1, 0.15) is 5.75 Å². The van der Waals surface area contributed by atoms with Gasteiger partial charge < -0.3 is 15.7 Å². The van der Waals surface area contributed by atoms with Crippen LogP contribution in [0.1, 0.15) is 30.4 Å². The Kier molecular flexibility index (Phi) is 4.40. The predicted molar refractivity (Wildman–Crippen MR) is 70.0 cm³/mol. The van der Waals surface area contributed by atoms with E-state index in [2.05, 4.69) is 4.90 Å². The topological polar surface area (TPSA) is 49.5 Å². The number of hydrogen-bond donors (Lipinski definition) is 2. The fraction of sp³-hybridized carbons (Fsp3) is 0.571. The summed E-state index contributed by atoms with van der Waals surface area (Å²) in [6, 6.07) is 5.78. The van der Waals surface area contributed by atoms with Gasteiger partial charge in [-0.1, -0.05) is 18.6 Å². The summed E-state index contributed by atoms with van der Waals surface area (Å²) in [4.78, 5) is 2.53. The van der Waals surface area contributed by atoms with Gasteiger partial charge in [0, 0.05) is 18.7 Å². The van der Waals surface area contributed by atoms with Gasteiger partial charge in [0.2, 0.25) is 0 Å². The first-order valence-corrected chi connectivity index (χ1v) is 6.53. The number of hydrogen-bond acceptors (Lipinski definition) is 3. The van der Waals surface area contributed by atoms with Gasteiger partial charge >= 0.3 is 0 Å². The fourth-order valence-electron chi connectivity index (χ4n) is 2.43. The number of nitrogens with two attached hydrogens (primary N) is 1. The van der Waals surface area contributed by atoms with Crippen LogP contribution >= 0.6 is 0 Å². The third-order valence-electron chi connectivity index (χ3n) is 3.53. The minimum atomic E-state index is 0.314. The number of benzene rings is 1. The standard InChI is InChI=1S/C14H22N2O/c15-11-13-10-12(4-5-14(13)17)6-9-16-7-2-1-3-8-16/h4-5,10,17H,1-3,6-9,11,15H2. The van der Waals surface area contributed by atoms with Crippen LogP contribution in [0, 0.1) is 0 Å². The zero-order chi connectivity index (χ0) is 12.1. The molecule has 0 aliphatic carbocycles. The van der Waals surface area contributed by atoms with E-state index in [9.17, 15) is 5.11 Å². The van der Waals surface area contributed by atoms with Crippen molar-refractivity contribution in [1.29, 1.82) is 0 Å². The summed E-state index contributed by atoms with van der Waals surface area (Å²) in [5.74, 6) is 0.314. The van der Waals surface area contributed by atoms with E-state index in [4.69, 9.17) is 5.73 Å². The molecule has 1 heterocycles. The van der Waals surface area contributed by atoms with Crippen molar-refractivity contribution < 1.29 is 5.11 Å². The van der Waals surface area contributed by atoms with Crippen LogP contribution in [0.15, 0.2) is 18.2 Å². The summed E-state index contributed by atoms with van der Waals surface area (Å²) in [5.41, 5.74) is 7.71. The molecular formula is C14H22N2O. The maximum atomic E-state index is 9.56. The first-order valence-electron chi connectivity index (χ1n) is 6.53. The molecule has 1 aromatic carbocycles. The molecule has 17 heavy (non-hydrogen) atoms. The molecule has 0 aromatic heterocycles. The predicted octanol–water partition coefficient (Wildman–Crippen LogP) is 1.88. The highest BCUT2D eigenvalue weighted by molar-refractivity contribution is 5.36. The van der Waals surface area contributed by atoms with Crippen LogP contribution < -0.4 is 5.73 Å². The van der Waals surface area contributed by atoms with E-state index in [0.29, 0.717) is 12.3 Å². The van der Waals surface area contributed by atoms with Crippen molar-refractivity contribution in [2.24, 2.45) is 5.73 Å². The summed E-state index contributed by atoms with van der Waals surface area (Å²) < 4.78 is 0. The molecule has 3 nitrogen and oxygen atoms in total. The Balaban J connectivity index is 1.89. The minimum absolute atomic E-state index is 0.314. The highest BCUT2D eigenvalue weighted by atomic mass is 16.3. The van der Waals surface area contributed by atoms with Gasteiger partial charge in [-0.05, 0) is 44.0 Å². The summed E-state index contributed by atoms with van der Waals surface area (Å²) in [7, 11) is 0. The Morgan fingerprint density at radius 3 is 2.65 bits per heavy atom. The molecule has 1 aliphatic heterocycles. The molecule has 1 aliphatic rings. The van der Waals surface area contributed by atoms with Crippen molar-refractivity contribution in [1.82, 2.24) is 4.90 Å². The van der Waals surface area contributed by atoms with Crippen molar-refractivity contribution in [3.63, 3.8) is 0 Å². The molecule has 1 saturated heterocycles. The van der Waals surface area contributed by atoms with E-state index < -0.39 is 0 Å². The number of nitrogens with zero attached hydrogens (tertiary/aromatic N) is 1. The van der Waals surface area contributed by atoms with Crippen molar-refractivity contribution >= 4 is 0 Å². The van der Waals surface area contributed by atoms with E-state index in [1.54, 1.807) is 6.07 Å². The van der Waals surface area contributed by atoms with Crippen LogP contribution in [-0.4, -0.2) is 29.6 Å². The lowest BCUT2D eigenvalue weighted by Crippen LogP contribution is -2.31. The second-order valence-corrected chi connectivity index (χ2v) is 4.82. The van der Waals surface area contributed by atoms with Crippen LogP contribution in [0.25, 0.3) is 0 Å². The smallest absolute Gasteiger partial charge is 0.120 e. The molecule has 0 saturated carbocycles. The Labute approximate surface area is 103 Å². The summed E-state index contributed by atoms with van der Waals surface area (Å²) in [6.45, 7) is 4.00. The van der Waals surface area contributed by atoms with E-state index in [0.717, 1.165) is 18.5 Å². The molecule has 0 amide bonds. The first kappa shape index (κ1) is 12.4. The largest absolute Gasteiger partial charge is 0.508 e. The lowest BCUT2D eigenvalue weighted by Gasteiger charge is -2.26. The average molecular weight is 234 g/mol. The van der Waals surface area contributed by atoms with Crippen molar-refractivity contribution in [3.8, 4) is 5.75 Å². The summed E-state index contributed by atoms with van der Waals surface area (Å²) in [6.07, 6.45) is 5.10. The maximum Gasteiger partial charge on any atom is 0.120 e. The number of rotatable bonds is 4. The molecule has 1 aromatic rings. The van der Waals surface area contributed by atoms with Gasteiger partial charge in [0.05, 0.1) is 0 Å². The second kappa shape index (κ2) is 6.03.